The molecule has 0 aromatic heterocycles. The highest BCUT2D eigenvalue weighted by Crippen LogP contribution is 2.52. The predicted octanol–water partition coefficient (Wildman–Crippen LogP) is 4.39. The van der Waals surface area contributed by atoms with E-state index < -0.39 is 0 Å². The number of hydrogen-bond acceptors (Lipinski definition) is 0. The Hall–Kier alpha value is -1.30. The molecule has 2 aliphatic rings. The van der Waals surface area contributed by atoms with Gasteiger partial charge < -0.3 is 0 Å². The number of benzene rings is 1. The molecule has 0 fully saturated rings. The summed E-state index contributed by atoms with van der Waals surface area (Å²) < 4.78 is 0. The van der Waals surface area contributed by atoms with Gasteiger partial charge in [-0.15, -0.1) is 0 Å². The first-order valence-electron chi connectivity index (χ1n) is 6.14. The average molecular weight is 210 g/mol. The van der Waals surface area contributed by atoms with Gasteiger partial charge in [-0.1, -0.05) is 44.2 Å². The highest BCUT2D eigenvalue weighted by atomic mass is 14.4. The molecular weight excluding hydrogens is 192 g/mol. The van der Waals surface area contributed by atoms with Crippen LogP contribution in [-0.4, -0.2) is 0 Å². The van der Waals surface area contributed by atoms with Gasteiger partial charge in [0.25, 0.3) is 0 Å². The van der Waals surface area contributed by atoms with Gasteiger partial charge in [0.2, 0.25) is 0 Å². The van der Waals surface area contributed by atoms with E-state index >= 15 is 0 Å². The van der Waals surface area contributed by atoms with Crippen LogP contribution in [0.25, 0.3) is 5.57 Å². The molecule has 2 aliphatic carbocycles. The maximum absolute atomic E-state index is 2.44. The number of hydrogen-bond donors (Lipinski definition) is 0. The van der Waals surface area contributed by atoms with Gasteiger partial charge in [0.15, 0.2) is 0 Å². The van der Waals surface area contributed by atoms with E-state index in [1.165, 1.54) is 35.1 Å². The van der Waals surface area contributed by atoms with Gasteiger partial charge in [0.05, 0.1) is 0 Å². The Bertz CT molecular complexity index is 513. The smallest absolute Gasteiger partial charge is 0.0155 e. The van der Waals surface area contributed by atoms with Crippen LogP contribution in [0.1, 0.15) is 43.4 Å². The van der Waals surface area contributed by atoms with E-state index in [4.69, 9.17) is 0 Å². The summed E-state index contributed by atoms with van der Waals surface area (Å²) in [6.45, 7) is 6.93. The Kier molecular flexibility index (Phi) is 1.92. The third-order valence-electron chi connectivity index (χ3n) is 4.04. The molecule has 1 aromatic rings. The molecule has 1 aromatic carbocycles. The SMILES string of the molecule is Cc1cccc2c1C1=CCCC=C1C2(C)C. The first-order valence-corrected chi connectivity index (χ1v) is 6.14. The molecule has 0 nitrogen and oxygen atoms in total. The molecule has 3 rings (SSSR count). The second-order valence-electron chi connectivity index (χ2n) is 5.44. The summed E-state index contributed by atoms with van der Waals surface area (Å²) in [7, 11) is 0. The zero-order chi connectivity index (χ0) is 11.3. The van der Waals surface area contributed by atoms with Gasteiger partial charge >= 0.3 is 0 Å². The Labute approximate surface area is 97.7 Å². The van der Waals surface area contributed by atoms with Gasteiger partial charge in [0.1, 0.15) is 0 Å². The second kappa shape index (κ2) is 3.10. The van der Waals surface area contributed by atoms with Gasteiger partial charge in [-0.05, 0) is 47.6 Å². The molecule has 0 saturated carbocycles. The van der Waals surface area contributed by atoms with Crippen molar-refractivity contribution in [3.63, 3.8) is 0 Å². The van der Waals surface area contributed by atoms with Crippen LogP contribution in [0.2, 0.25) is 0 Å². The molecule has 0 spiro atoms. The summed E-state index contributed by atoms with van der Waals surface area (Å²) in [5, 5.41) is 0. The minimum Gasteiger partial charge on any atom is -0.0795 e. The molecule has 0 heterocycles. The first kappa shape index (κ1) is 9.89. The molecule has 16 heavy (non-hydrogen) atoms. The molecule has 0 bridgehead atoms. The Morgan fingerprint density at radius 3 is 2.62 bits per heavy atom. The fraction of sp³-hybridized carbons (Fsp3) is 0.375. The lowest BCUT2D eigenvalue weighted by molar-refractivity contribution is 0.654. The van der Waals surface area contributed by atoms with E-state index in [1.54, 1.807) is 5.57 Å². The van der Waals surface area contributed by atoms with Crippen LogP contribution in [0.15, 0.2) is 35.9 Å². The van der Waals surface area contributed by atoms with Crippen molar-refractivity contribution >= 4 is 5.57 Å². The number of aryl methyl sites for hydroxylation is 1. The van der Waals surface area contributed by atoms with Gasteiger partial charge in [-0.2, -0.15) is 0 Å². The van der Waals surface area contributed by atoms with Crippen molar-refractivity contribution in [3.05, 3.63) is 52.6 Å². The summed E-state index contributed by atoms with van der Waals surface area (Å²) >= 11 is 0. The molecule has 0 radical (unpaired) electrons. The van der Waals surface area contributed by atoms with E-state index in [-0.39, 0.29) is 5.41 Å². The minimum absolute atomic E-state index is 0.202. The molecule has 0 atom stereocenters. The van der Waals surface area contributed by atoms with Crippen molar-refractivity contribution in [2.45, 2.75) is 39.0 Å². The van der Waals surface area contributed by atoms with E-state index in [0.717, 1.165) is 0 Å². The van der Waals surface area contributed by atoms with Gasteiger partial charge in [-0.3, -0.25) is 0 Å². The van der Waals surface area contributed by atoms with Crippen molar-refractivity contribution < 1.29 is 0 Å². The summed E-state index contributed by atoms with van der Waals surface area (Å²) in [4.78, 5) is 0. The average Bonchev–Trinajstić information content (AvgIpc) is 2.51. The number of allylic oxidation sites excluding steroid dienone is 4. The van der Waals surface area contributed by atoms with E-state index in [2.05, 4.69) is 51.1 Å². The third-order valence-corrected chi connectivity index (χ3v) is 4.04. The maximum Gasteiger partial charge on any atom is 0.0155 e. The van der Waals surface area contributed by atoms with Crippen LogP contribution in [0.5, 0.6) is 0 Å². The van der Waals surface area contributed by atoms with Crippen LogP contribution in [0.3, 0.4) is 0 Å². The van der Waals surface area contributed by atoms with Crippen LogP contribution < -0.4 is 0 Å². The first-order chi connectivity index (χ1) is 7.62. The van der Waals surface area contributed by atoms with Gasteiger partial charge in [-0.25, -0.2) is 0 Å². The van der Waals surface area contributed by atoms with E-state index in [0.29, 0.717) is 0 Å². The van der Waals surface area contributed by atoms with Gasteiger partial charge in [0, 0.05) is 5.41 Å². The maximum atomic E-state index is 2.44. The van der Waals surface area contributed by atoms with E-state index in [9.17, 15) is 0 Å². The lowest BCUT2D eigenvalue weighted by Gasteiger charge is -2.23. The van der Waals surface area contributed by atoms with Crippen molar-refractivity contribution in [2.24, 2.45) is 0 Å². The highest BCUT2D eigenvalue weighted by Gasteiger charge is 2.38. The summed E-state index contributed by atoms with van der Waals surface area (Å²) in [5.41, 5.74) is 7.67. The Balaban J connectivity index is 2.36. The normalized spacial score (nSPS) is 20.9. The summed E-state index contributed by atoms with van der Waals surface area (Å²) in [6.07, 6.45) is 7.27. The fourth-order valence-electron chi connectivity index (χ4n) is 3.19. The third kappa shape index (κ3) is 1.10. The standard InChI is InChI=1S/C16H18/c1-11-7-6-10-14-15(11)12-8-4-5-9-13(12)16(14,2)3/h6-10H,4-5H2,1-3H3. The van der Waals surface area contributed by atoms with Crippen LogP contribution in [0.4, 0.5) is 0 Å². The number of fused-ring (bicyclic) bond motifs is 3. The predicted molar refractivity (Wildman–Crippen MR) is 69.5 cm³/mol. The molecular formula is C16H18. The lowest BCUT2D eigenvalue weighted by atomic mass is 9.80. The van der Waals surface area contributed by atoms with Crippen molar-refractivity contribution in [2.75, 3.05) is 0 Å². The number of rotatable bonds is 0. The van der Waals surface area contributed by atoms with Crippen LogP contribution in [-0.2, 0) is 5.41 Å². The van der Waals surface area contributed by atoms with Crippen molar-refractivity contribution in [1.82, 2.24) is 0 Å². The summed E-state index contributed by atoms with van der Waals surface area (Å²) in [6, 6.07) is 6.71. The Morgan fingerprint density at radius 1 is 1.06 bits per heavy atom. The molecule has 0 amide bonds. The van der Waals surface area contributed by atoms with Crippen LogP contribution >= 0.6 is 0 Å². The Morgan fingerprint density at radius 2 is 1.81 bits per heavy atom. The molecule has 0 saturated heterocycles. The molecule has 0 aliphatic heterocycles. The topological polar surface area (TPSA) is 0 Å². The zero-order valence-corrected chi connectivity index (χ0v) is 10.3. The largest absolute Gasteiger partial charge is 0.0795 e. The molecule has 82 valence electrons. The molecule has 0 unspecified atom stereocenters. The van der Waals surface area contributed by atoms with Crippen molar-refractivity contribution in [1.29, 1.82) is 0 Å². The zero-order valence-electron chi connectivity index (χ0n) is 10.3. The monoisotopic (exact) mass is 210 g/mol. The second-order valence-corrected chi connectivity index (χ2v) is 5.44. The van der Waals surface area contributed by atoms with E-state index in [1.807, 2.05) is 0 Å². The molecule has 0 heteroatoms. The quantitative estimate of drug-likeness (QED) is 0.595. The summed E-state index contributed by atoms with van der Waals surface area (Å²) in [5.74, 6) is 0. The van der Waals surface area contributed by atoms with Crippen LogP contribution in [0, 0.1) is 6.92 Å². The minimum atomic E-state index is 0.202. The lowest BCUT2D eigenvalue weighted by Crippen LogP contribution is -2.15. The molecule has 0 N–H and O–H groups in total. The fourth-order valence-corrected chi connectivity index (χ4v) is 3.19. The highest BCUT2D eigenvalue weighted by molar-refractivity contribution is 5.91. The van der Waals surface area contributed by atoms with Crippen molar-refractivity contribution in [3.8, 4) is 0 Å².